The summed E-state index contributed by atoms with van der Waals surface area (Å²) >= 11 is 0. The monoisotopic (exact) mass is 325 g/mol. The van der Waals surface area contributed by atoms with Crippen molar-refractivity contribution in [3.8, 4) is 0 Å². The van der Waals surface area contributed by atoms with Crippen molar-refractivity contribution >= 4 is 18.7 Å². The van der Waals surface area contributed by atoms with Crippen LogP contribution in [0.1, 0.15) is 36.4 Å². The van der Waals surface area contributed by atoms with Crippen LogP contribution in [0.25, 0.3) is 5.57 Å². The highest BCUT2D eigenvalue weighted by Gasteiger charge is 2.44. The van der Waals surface area contributed by atoms with Crippen LogP contribution in [0, 0.1) is 13.8 Å². The van der Waals surface area contributed by atoms with Gasteiger partial charge in [-0.15, -0.1) is 0 Å². The first kappa shape index (κ1) is 16.4. The Hall–Kier alpha value is -2.43. The molecular weight excluding hydrogens is 305 g/mol. The standard InChI is InChI=1S/C19H19BF2N2/c1-12-10-14(3)23-18(12)17(16-8-6-5-7-9-16)19-13(2)11-15(4)24(19)20(21)22/h5-11H,1-4H3/p+1. The second-order valence-electron chi connectivity index (χ2n) is 6.22. The van der Waals surface area contributed by atoms with E-state index in [0.29, 0.717) is 11.4 Å². The maximum absolute atomic E-state index is 13.7. The predicted octanol–water partition coefficient (Wildman–Crippen LogP) is 4.75. The predicted molar refractivity (Wildman–Crippen MR) is 95.4 cm³/mol. The van der Waals surface area contributed by atoms with Gasteiger partial charge in [0.2, 0.25) is 0 Å². The van der Waals surface area contributed by atoms with Gasteiger partial charge in [0.05, 0.1) is 11.3 Å². The third-order valence-electron chi connectivity index (χ3n) is 4.31. The van der Waals surface area contributed by atoms with E-state index in [2.05, 4.69) is 4.98 Å². The third-order valence-corrected chi connectivity index (χ3v) is 4.31. The molecule has 1 aliphatic heterocycles. The number of H-pyrrole nitrogens is 1. The summed E-state index contributed by atoms with van der Waals surface area (Å²) in [5.41, 5.74) is 6.66. The van der Waals surface area contributed by atoms with Crippen LogP contribution in [0.4, 0.5) is 8.63 Å². The zero-order chi connectivity index (χ0) is 17.4. The van der Waals surface area contributed by atoms with Gasteiger partial charge in [-0.2, -0.15) is 0 Å². The van der Waals surface area contributed by atoms with E-state index in [0.717, 1.165) is 38.1 Å². The molecule has 0 radical (unpaired) electrons. The zero-order valence-corrected chi connectivity index (χ0v) is 14.3. The van der Waals surface area contributed by atoms with Gasteiger partial charge in [0.15, 0.2) is 11.4 Å². The molecule has 122 valence electrons. The highest BCUT2D eigenvalue weighted by Crippen LogP contribution is 2.35. The quantitative estimate of drug-likeness (QED) is 0.786. The molecule has 0 spiro atoms. The van der Waals surface area contributed by atoms with Gasteiger partial charge >= 0.3 is 7.40 Å². The van der Waals surface area contributed by atoms with Gasteiger partial charge in [0.1, 0.15) is 0 Å². The van der Waals surface area contributed by atoms with Gasteiger partial charge < -0.3 is 4.98 Å². The highest BCUT2D eigenvalue weighted by atomic mass is 19.2. The molecule has 0 unspecified atom stereocenters. The number of benzene rings is 1. The fourth-order valence-corrected chi connectivity index (χ4v) is 3.38. The summed E-state index contributed by atoms with van der Waals surface area (Å²) in [4.78, 5) is 3.35. The molecule has 0 saturated heterocycles. The summed E-state index contributed by atoms with van der Waals surface area (Å²) in [7, 11) is -2.58. The first-order chi connectivity index (χ1) is 11.4. The van der Waals surface area contributed by atoms with Gasteiger partial charge in [-0.05, 0) is 38.0 Å². The minimum absolute atomic E-state index is 0.562. The lowest BCUT2D eigenvalue weighted by Gasteiger charge is -2.12. The molecule has 0 amide bonds. The number of aryl methyl sites for hydroxylation is 2. The zero-order valence-electron chi connectivity index (χ0n) is 14.3. The Morgan fingerprint density at radius 1 is 1.04 bits per heavy atom. The molecule has 0 saturated carbocycles. The first-order valence-electron chi connectivity index (χ1n) is 7.96. The Morgan fingerprint density at radius 3 is 2.25 bits per heavy atom. The van der Waals surface area contributed by atoms with Crippen LogP contribution in [0.5, 0.6) is 0 Å². The van der Waals surface area contributed by atoms with Crippen molar-refractivity contribution < 1.29 is 13.1 Å². The van der Waals surface area contributed by atoms with Crippen molar-refractivity contribution in [2.24, 2.45) is 0 Å². The molecule has 1 aromatic carbocycles. The van der Waals surface area contributed by atoms with Crippen LogP contribution in [0.15, 0.2) is 53.7 Å². The maximum Gasteiger partial charge on any atom is 0.934 e. The molecule has 0 aliphatic carbocycles. The average molecular weight is 325 g/mol. The number of hydrogen-bond donors (Lipinski definition) is 1. The lowest BCUT2D eigenvalue weighted by Crippen LogP contribution is -2.25. The van der Waals surface area contributed by atoms with Gasteiger partial charge in [0.25, 0.3) is 0 Å². The summed E-state index contributed by atoms with van der Waals surface area (Å²) < 4.78 is 28.6. The molecule has 0 bridgehead atoms. The van der Waals surface area contributed by atoms with Gasteiger partial charge in [-0.25, -0.2) is 13.1 Å². The fraction of sp³-hybridized carbons (Fsp3) is 0.211. The van der Waals surface area contributed by atoms with E-state index in [9.17, 15) is 8.63 Å². The highest BCUT2D eigenvalue weighted by molar-refractivity contribution is 6.35. The summed E-state index contributed by atoms with van der Waals surface area (Å²) in [5.74, 6) is 0. The molecule has 1 aromatic heterocycles. The van der Waals surface area contributed by atoms with E-state index < -0.39 is 7.40 Å². The van der Waals surface area contributed by atoms with Crippen molar-refractivity contribution in [2.75, 3.05) is 0 Å². The molecule has 2 heterocycles. The average Bonchev–Trinajstić information content (AvgIpc) is 3.00. The molecule has 5 heteroatoms. The molecule has 3 rings (SSSR count). The summed E-state index contributed by atoms with van der Waals surface area (Å²) in [6.07, 6.45) is 1.82. The SMILES string of the molecule is CC1=CC(C)=[N+](B(F)F)/C1=C(/c1ccccc1)c1[nH]c(C)cc1C. The number of aromatic amines is 1. The smallest absolute Gasteiger partial charge is 0.358 e. The largest absolute Gasteiger partial charge is 0.934 e. The lowest BCUT2D eigenvalue weighted by atomic mass is 9.94. The number of aromatic nitrogens is 1. The summed E-state index contributed by atoms with van der Waals surface area (Å²) in [6, 6.07) is 11.7. The van der Waals surface area contributed by atoms with Crippen LogP contribution in [-0.2, 0) is 0 Å². The number of nitrogens with zero attached hydrogens (tertiary/aromatic N) is 1. The minimum atomic E-state index is -2.58. The van der Waals surface area contributed by atoms with Gasteiger partial charge in [-0.1, -0.05) is 30.3 Å². The lowest BCUT2D eigenvalue weighted by molar-refractivity contribution is -0.343. The molecule has 0 atom stereocenters. The number of halogens is 2. The van der Waals surface area contributed by atoms with Crippen LogP contribution < -0.4 is 0 Å². The van der Waals surface area contributed by atoms with Crippen molar-refractivity contribution in [2.45, 2.75) is 27.7 Å². The molecule has 1 aliphatic rings. The number of hydrogen-bond acceptors (Lipinski definition) is 0. The van der Waals surface area contributed by atoms with E-state index in [1.54, 1.807) is 6.92 Å². The molecule has 0 fully saturated rings. The van der Waals surface area contributed by atoms with Crippen LogP contribution >= 0.6 is 0 Å². The topological polar surface area (TPSA) is 18.8 Å². The molecule has 2 nitrogen and oxygen atoms in total. The second kappa shape index (κ2) is 6.23. The summed E-state index contributed by atoms with van der Waals surface area (Å²) in [5, 5.41) is 0. The van der Waals surface area contributed by atoms with Crippen molar-refractivity contribution in [1.82, 2.24) is 4.98 Å². The maximum atomic E-state index is 13.7. The minimum Gasteiger partial charge on any atom is -0.358 e. The Labute approximate surface area is 141 Å². The Kier molecular flexibility index (Phi) is 4.27. The normalized spacial score (nSPS) is 16.5. The van der Waals surface area contributed by atoms with Gasteiger partial charge in [-0.3, -0.25) is 0 Å². The van der Waals surface area contributed by atoms with E-state index in [1.165, 1.54) is 0 Å². The van der Waals surface area contributed by atoms with Crippen LogP contribution in [0.2, 0.25) is 0 Å². The summed E-state index contributed by atoms with van der Waals surface area (Å²) in [6.45, 7) is 7.58. The Morgan fingerprint density at radius 2 is 1.71 bits per heavy atom. The van der Waals surface area contributed by atoms with Crippen LogP contribution in [0.3, 0.4) is 0 Å². The molecule has 24 heavy (non-hydrogen) atoms. The van der Waals surface area contributed by atoms with Crippen LogP contribution in [-0.4, -0.2) is 22.6 Å². The Bertz CT molecular complexity index is 874. The van der Waals surface area contributed by atoms with Crippen molar-refractivity contribution in [3.63, 3.8) is 0 Å². The third kappa shape index (κ3) is 2.75. The second-order valence-corrected chi connectivity index (χ2v) is 6.22. The Balaban J connectivity index is 2.38. The van der Waals surface area contributed by atoms with Crippen molar-refractivity contribution in [1.29, 1.82) is 0 Å². The first-order valence-corrected chi connectivity index (χ1v) is 7.96. The molecule has 2 aromatic rings. The fourth-order valence-electron chi connectivity index (χ4n) is 3.38. The molecular formula is C19H20BF2N2+. The van der Waals surface area contributed by atoms with E-state index in [1.807, 2.05) is 63.2 Å². The van der Waals surface area contributed by atoms with Gasteiger partial charge in [0, 0.05) is 24.3 Å². The number of rotatable bonds is 3. The van der Waals surface area contributed by atoms with E-state index in [4.69, 9.17) is 0 Å². The molecule has 1 N–H and O–H groups in total. The number of allylic oxidation sites excluding steroid dienone is 2. The number of nitrogens with one attached hydrogen (secondary N) is 1. The van der Waals surface area contributed by atoms with Crippen molar-refractivity contribution in [3.05, 3.63) is 76.3 Å². The van der Waals surface area contributed by atoms with E-state index >= 15 is 0 Å². The van der Waals surface area contributed by atoms with E-state index in [-0.39, 0.29) is 0 Å².